The Balaban J connectivity index is 1.96. The normalized spacial score (nSPS) is 37.8. The molecule has 1 aromatic carbocycles. The summed E-state index contributed by atoms with van der Waals surface area (Å²) in [7, 11) is 0. The maximum absolute atomic E-state index is 9.42. The van der Waals surface area contributed by atoms with Gasteiger partial charge in [-0.15, -0.1) is 0 Å². The van der Waals surface area contributed by atoms with E-state index in [4.69, 9.17) is 4.74 Å². The molecule has 1 fully saturated rings. The van der Waals surface area contributed by atoms with Crippen molar-refractivity contribution in [3.8, 4) is 5.75 Å². The molecule has 1 aliphatic heterocycles. The minimum Gasteiger partial charge on any atom is -0.508 e. The molecular weight excluding hydrogens is 236 g/mol. The van der Waals surface area contributed by atoms with Gasteiger partial charge in [-0.3, -0.25) is 0 Å². The summed E-state index contributed by atoms with van der Waals surface area (Å²) >= 11 is 0. The van der Waals surface area contributed by atoms with Gasteiger partial charge in [-0.25, -0.2) is 0 Å². The predicted molar refractivity (Wildman–Crippen MR) is 75.9 cm³/mol. The molecule has 1 N–H and O–H groups in total. The van der Waals surface area contributed by atoms with Crippen LogP contribution in [-0.2, 0) is 4.74 Å². The second kappa shape index (κ2) is 4.68. The highest BCUT2D eigenvalue weighted by Crippen LogP contribution is 2.49. The summed E-state index contributed by atoms with van der Waals surface area (Å²) in [6, 6.07) is 7.47. The highest BCUT2D eigenvalue weighted by molar-refractivity contribution is 5.30. The largest absolute Gasteiger partial charge is 0.508 e. The van der Waals surface area contributed by atoms with Gasteiger partial charge < -0.3 is 9.84 Å². The molecule has 19 heavy (non-hydrogen) atoms. The lowest BCUT2D eigenvalue weighted by Crippen LogP contribution is -2.42. The summed E-state index contributed by atoms with van der Waals surface area (Å²) < 4.78 is 6.16. The van der Waals surface area contributed by atoms with E-state index in [9.17, 15) is 5.11 Å². The number of aromatic hydroxyl groups is 1. The maximum atomic E-state index is 9.42. The Hall–Kier alpha value is -1.28. The van der Waals surface area contributed by atoms with Crippen molar-refractivity contribution in [2.45, 2.75) is 26.9 Å². The molecule has 2 heteroatoms. The quantitative estimate of drug-likeness (QED) is 0.773. The van der Waals surface area contributed by atoms with Crippen LogP contribution in [-0.4, -0.2) is 11.7 Å². The third kappa shape index (κ3) is 2.08. The molecule has 0 saturated carbocycles. The first-order valence-electron chi connectivity index (χ1n) is 7.16. The molecule has 2 aliphatic rings. The molecule has 0 aromatic heterocycles. The van der Waals surface area contributed by atoms with Crippen molar-refractivity contribution < 1.29 is 9.84 Å². The lowest BCUT2D eigenvalue weighted by molar-refractivity contribution is -0.0934. The first-order valence-corrected chi connectivity index (χ1v) is 7.16. The average Bonchev–Trinajstić information content (AvgIpc) is 2.37. The number of benzene rings is 1. The summed E-state index contributed by atoms with van der Waals surface area (Å²) in [5.41, 5.74) is 2.63. The molecule has 0 radical (unpaired) electrons. The van der Waals surface area contributed by atoms with E-state index in [1.807, 2.05) is 12.1 Å². The average molecular weight is 258 g/mol. The van der Waals surface area contributed by atoms with Crippen molar-refractivity contribution in [2.24, 2.45) is 23.7 Å². The van der Waals surface area contributed by atoms with E-state index in [1.165, 1.54) is 11.1 Å². The highest BCUT2D eigenvalue weighted by atomic mass is 16.5. The number of fused-ring (bicyclic) bond motifs is 2. The van der Waals surface area contributed by atoms with E-state index < -0.39 is 0 Å². The lowest BCUT2D eigenvalue weighted by atomic mass is 9.64. The minimum absolute atomic E-state index is 0.135. The number of hydrogen-bond donors (Lipinski definition) is 1. The Morgan fingerprint density at radius 2 is 1.84 bits per heavy atom. The second-order valence-corrected chi connectivity index (χ2v) is 6.16. The Morgan fingerprint density at radius 3 is 2.53 bits per heavy atom. The Morgan fingerprint density at radius 1 is 1.16 bits per heavy atom. The van der Waals surface area contributed by atoms with Crippen LogP contribution in [0.25, 0.3) is 0 Å². The molecule has 2 nitrogen and oxygen atoms in total. The van der Waals surface area contributed by atoms with E-state index in [-0.39, 0.29) is 6.10 Å². The van der Waals surface area contributed by atoms with Gasteiger partial charge in [0.05, 0.1) is 12.7 Å². The third-order valence-electron chi connectivity index (χ3n) is 4.98. The van der Waals surface area contributed by atoms with E-state index in [0.29, 0.717) is 29.4 Å². The molecule has 1 aromatic rings. The first kappa shape index (κ1) is 12.7. The number of hydrogen-bond acceptors (Lipinski definition) is 2. The van der Waals surface area contributed by atoms with Crippen LogP contribution in [0, 0.1) is 23.7 Å². The van der Waals surface area contributed by atoms with Gasteiger partial charge in [-0.05, 0) is 42.4 Å². The molecule has 3 unspecified atom stereocenters. The fourth-order valence-corrected chi connectivity index (χ4v) is 3.91. The minimum atomic E-state index is 0.135. The van der Waals surface area contributed by atoms with Crippen LogP contribution < -0.4 is 0 Å². The summed E-state index contributed by atoms with van der Waals surface area (Å²) in [5.74, 6) is 2.70. The van der Waals surface area contributed by atoms with Gasteiger partial charge in [0, 0.05) is 5.92 Å². The molecule has 102 valence electrons. The van der Waals surface area contributed by atoms with Crippen LogP contribution in [0.3, 0.4) is 0 Å². The van der Waals surface area contributed by atoms with Crippen molar-refractivity contribution in [1.29, 1.82) is 0 Å². The molecule has 2 bridgehead atoms. The zero-order valence-corrected chi connectivity index (χ0v) is 11.8. The maximum Gasteiger partial charge on any atom is 0.115 e. The zero-order valence-electron chi connectivity index (χ0n) is 11.8. The Bertz CT molecular complexity index is 488. The summed E-state index contributed by atoms with van der Waals surface area (Å²) in [5, 5.41) is 9.42. The van der Waals surface area contributed by atoms with Crippen molar-refractivity contribution in [3.63, 3.8) is 0 Å². The topological polar surface area (TPSA) is 29.5 Å². The van der Waals surface area contributed by atoms with Crippen molar-refractivity contribution in [2.75, 3.05) is 6.61 Å². The van der Waals surface area contributed by atoms with E-state index >= 15 is 0 Å². The molecule has 1 aliphatic carbocycles. The molecule has 0 spiro atoms. The summed E-state index contributed by atoms with van der Waals surface area (Å²) in [6.45, 7) is 7.73. The van der Waals surface area contributed by atoms with Crippen LogP contribution in [0.2, 0.25) is 0 Å². The number of rotatable bonds is 1. The van der Waals surface area contributed by atoms with E-state index in [1.54, 1.807) is 12.1 Å². The summed E-state index contributed by atoms with van der Waals surface area (Å²) in [4.78, 5) is 0. The molecule has 3 rings (SSSR count). The van der Waals surface area contributed by atoms with Crippen LogP contribution in [0.4, 0.5) is 0 Å². The monoisotopic (exact) mass is 258 g/mol. The number of phenolic OH excluding ortho intramolecular Hbond substituents is 1. The van der Waals surface area contributed by atoms with Crippen molar-refractivity contribution in [1.82, 2.24) is 0 Å². The van der Waals surface area contributed by atoms with Crippen molar-refractivity contribution >= 4 is 0 Å². The number of phenols is 1. The number of allylic oxidation sites excluding steroid dienone is 1. The Kier molecular flexibility index (Phi) is 3.14. The van der Waals surface area contributed by atoms with Gasteiger partial charge in [-0.1, -0.05) is 37.6 Å². The van der Waals surface area contributed by atoms with Gasteiger partial charge >= 0.3 is 0 Å². The van der Waals surface area contributed by atoms with Gasteiger partial charge in [0.25, 0.3) is 0 Å². The molecule has 5 atom stereocenters. The molecule has 1 heterocycles. The smallest absolute Gasteiger partial charge is 0.115 e. The van der Waals surface area contributed by atoms with Crippen LogP contribution in [0.1, 0.15) is 32.4 Å². The third-order valence-corrected chi connectivity index (χ3v) is 4.98. The fraction of sp³-hybridized carbons (Fsp3) is 0.529. The number of ether oxygens (including phenoxy) is 1. The van der Waals surface area contributed by atoms with Crippen molar-refractivity contribution in [3.05, 3.63) is 41.5 Å². The predicted octanol–water partition coefficient (Wildman–Crippen LogP) is 3.93. The second-order valence-electron chi connectivity index (χ2n) is 6.16. The van der Waals surface area contributed by atoms with Crippen LogP contribution >= 0.6 is 0 Å². The fourth-order valence-electron chi connectivity index (χ4n) is 3.91. The molecular formula is C17H22O2. The van der Waals surface area contributed by atoms with Crippen LogP contribution in [0.15, 0.2) is 35.9 Å². The zero-order chi connectivity index (χ0) is 13.6. The van der Waals surface area contributed by atoms with Gasteiger partial charge in [0.15, 0.2) is 0 Å². The Labute approximate surface area is 115 Å². The first-order chi connectivity index (χ1) is 9.08. The van der Waals surface area contributed by atoms with Crippen LogP contribution in [0.5, 0.6) is 5.75 Å². The van der Waals surface area contributed by atoms with Gasteiger partial charge in [0.1, 0.15) is 5.75 Å². The highest BCUT2D eigenvalue weighted by Gasteiger charge is 2.43. The van der Waals surface area contributed by atoms with Gasteiger partial charge in [-0.2, -0.15) is 0 Å². The van der Waals surface area contributed by atoms with E-state index in [0.717, 1.165) is 6.61 Å². The van der Waals surface area contributed by atoms with E-state index in [2.05, 4.69) is 26.8 Å². The molecule has 0 amide bonds. The molecule has 1 saturated heterocycles. The standard InChI is InChI=1S/C17H22O2/c1-10-8-11(2)16-12(3)15(10)9-19-17(16)13-4-6-14(18)7-5-13/h4-8,10,12,15-18H,9H2,1-3H3/t10?,12?,15-,16+,17?/m1/s1. The lowest BCUT2D eigenvalue weighted by Gasteiger charge is -2.47. The van der Waals surface area contributed by atoms with Gasteiger partial charge in [0.2, 0.25) is 0 Å². The summed E-state index contributed by atoms with van der Waals surface area (Å²) in [6.07, 6.45) is 2.56. The SMILES string of the molecule is CC1=CC(C)[C@H]2COC(c3ccc(O)cc3)[C@@H]1C2C.